The molecule has 86 valence electrons. The number of pyridine rings is 1. The van der Waals surface area contributed by atoms with Gasteiger partial charge in [-0.1, -0.05) is 0 Å². The fraction of sp³-hybridized carbons (Fsp3) is 0.200. The lowest BCUT2D eigenvalue weighted by Gasteiger charge is -1.98. The van der Waals surface area contributed by atoms with E-state index < -0.39 is 0 Å². The first-order valence-electron chi connectivity index (χ1n) is 5.16. The molecule has 3 aromatic rings. The van der Waals surface area contributed by atoms with Crippen LogP contribution in [0.3, 0.4) is 0 Å². The molecule has 7 heteroatoms. The average molecular weight is 229 g/mol. The number of nitrogen functional groups attached to an aromatic ring is 1. The maximum Gasteiger partial charge on any atom is 0.138 e. The number of nitrogens with two attached hydrogens (primary N) is 1. The van der Waals surface area contributed by atoms with E-state index in [0.717, 1.165) is 17.0 Å². The number of hydrogen-bond donors (Lipinski definition) is 2. The predicted molar refractivity (Wildman–Crippen MR) is 62.1 cm³/mol. The molecular formula is C10H11N7. The molecule has 0 spiro atoms. The van der Waals surface area contributed by atoms with Gasteiger partial charge in [-0.2, -0.15) is 10.2 Å². The third kappa shape index (κ3) is 1.52. The highest BCUT2D eigenvalue weighted by Gasteiger charge is 2.11. The van der Waals surface area contributed by atoms with E-state index in [9.17, 15) is 0 Å². The van der Waals surface area contributed by atoms with Crippen molar-refractivity contribution in [1.82, 2.24) is 29.9 Å². The molecule has 3 N–H and O–H groups in total. The van der Waals surface area contributed by atoms with Crippen molar-refractivity contribution in [3.8, 4) is 0 Å². The van der Waals surface area contributed by atoms with E-state index in [1.165, 1.54) is 6.33 Å². The standard InChI is InChI=1S/C10H11N7/c1-17-8(13-5-14-17)4-7-10-9(16-15-7)6(11)2-3-12-10/h2-3,5H,4H2,1H3,(H2,11,12)(H,15,16). The number of H-pyrrole nitrogens is 1. The lowest BCUT2D eigenvalue weighted by Crippen LogP contribution is -2.01. The molecule has 0 unspecified atom stereocenters. The van der Waals surface area contributed by atoms with Crippen LogP contribution in [0, 0.1) is 0 Å². The van der Waals surface area contributed by atoms with Gasteiger partial charge in [-0.25, -0.2) is 4.98 Å². The Morgan fingerprint density at radius 3 is 3.00 bits per heavy atom. The molecule has 3 heterocycles. The van der Waals surface area contributed by atoms with Gasteiger partial charge in [0.15, 0.2) is 0 Å². The Hall–Kier alpha value is -2.44. The van der Waals surface area contributed by atoms with Crippen LogP contribution in [0.5, 0.6) is 0 Å². The third-order valence-corrected chi connectivity index (χ3v) is 2.68. The van der Waals surface area contributed by atoms with Crippen molar-refractivity contribution in [3.05, 3.63) is 30.1 Å². The molecule has 17 heavy (non-hydrogen) atoms. The molecular weight excluding hydrogens is 218 g/mol. The summed E-state index contributed by atoms with van der Waals surface area (Å²) in [7, 11) is 1.85. The molecule has 0 atom stereocenters. The SMILES string of the molecule is Cn1ncnc1Cc1[nH]nc2c(N)ccnc12. The first kappa shape index (κ1) is 9.76. The average Bonchev–Trinajstić information content (AvgIpc) is 2.89. The largest absolute Gasteiger partial charge is 0.397 e. The van der Waals surface area contributed by atoms with E-state index in [0.29, 0.717) is 17.6 Å². The summed E-state index contributed by atoms with van der Waals surface area (Å²) < 4.78 is 1.72. The number of nitrogens with one attached hydrogen (secondary N) is 1. The number of aromatic nitrogens is 6. The Kier molecular flexibility index (Phi) is 2.04. The zero-order valence-corrected chi connectivity index (χ0v) is 9.25. The maximum absolute atomic E-state index is 5.82. The summed E-state index contributed by atoms with van der Waals surface area (Å²) in [6.07, 6.45) is 3.80. The molecule has 7 nitrogen and oxygen atoms in total. The summed E-state index contributed by atoms with van der Waals surface area (Å²) in [5.41, 5.74) is 8.81. The first-order chi connectivity index (χ1) is 8.25. The Balaban J connectivity index is 2.07. The number of nitrogens with zero attached hydrogens (tertiary/aromatic N) is 5. The van der Waals surface area contributed by atoms with Gasteiger partial charge in [0.2, 0.25) is 0 Å². The number of anilines is 1. The maximum atomic E-state index is 5.82. The smallest absolute Gasteiger partial charge is 0.138 e. The second-order valence-corrected chi connectivity index (χ2v) is 3.78. The van der Waals surface area contributed by atoms with Crippen LogP contribution in [0.15, 0.2) is 18.6 Å². The minimum absolute atomic E-state index is 0.601. The highest BCUT2D eigenvalue weighted by atomic mass is 15.3. The van der Waals surface area contributed by atoms with E-state index in [-0.39, 0.29) is 0 Å². The number of hydrogen-bond acceptors (Lipinski definition) is 5. The highest BCUT2D eigenvalue weighted by Crippen LogP contribution is 2.20. The fourth-order valence-corrected chi connectivity index (χ4v) is 1.75. The molecule has 0 saturated heterocycles. The van der Waals surface area contributed by atoms with E-state index in [4.69, 9.17) is 5.73 Å². The molecule has 0 radical (unpaired) electrons. The van der Waals surface area contributed by atoms with Crippen LogP contribution in [-0.2, 0) is 13.5 Å². The lowest BCUT2D eigenvalue weighted by molar-refractivity contribution is 0.712. The normalized spacial score (nSPS) is 11.1. The molecule has 0 aliphatic rings. The van der Waals surface area contributed by atoms with Crippen LogP contribution in [0.25, 0.3) is 11.0 Å². The van der Waals surface area contributed by atoms with Crippen molar-refractivity contribution < 1.29 is 0 Å². The number of fused-ring (bicyclic) bond motifs is 1. The van der Waals surface area contributed by atoms with Crippen LogP contribution in [0.4, 0.5) is 5.69 Å². The van der Waals surface area contributed by atoms with Gasteiger partial charge in [-0.05, 0) is 6.07 Å². The molecule has 0 saturated carbocycles. The molecule has 0 bridgehead atoms. The Morgan fingerprint density at radius 2 is 2.24 bits per heavy atom. The van der Waals surface area contributed by atoms with Gasteiger partial charge in [0.1, 0.15) is 23.2 Å². The zero-order chi connectivity index (χ0) is 11.8. The second kappa shape index (κ2) is 3.55. The van der Waals surface area contributed by atoms with Crippen LogP contribution in [0.1, 0.15) is 11.5 Å². The summed E-state index contributed by atoms with van der Waals surface area (Å²) in [5, 5.41) is 11.1. The highest BCUT2D eigenvalue weighted by molar-refractivity contribution is 5.87. The van der Waals surface area contributed by atoms with Crippen LogP contribution in [0.2, 0.25) is 0 Å². The first-order valence-corrected chi connectivity index (χ1v) is 5.16. The van der Waals surface area contributed by atoms with Crippen molar-refractivity contribution in [2.24, 2.45) is 7.05 Å². The molecule has 0 amide bonds. The van der Waals surface area contributed by atoms with Crippen LogP contribution in [-0.4, -0.2) is 29.9 Å². The van der Waals surface area contributed by atoms with Gasteiger partial charge in [-0.3, -0.25) is 14.8 Å². The van der Waals surface area contributed by atoms with Crippen molar-refractivity contribution in [2.75, 3.05) is 5.73 Å². The second-order valence-electron chi connectivity index (χ2n) is 3.78. The van der Waals surface area contributed by atoms with E-state index in [2.05, 4.69) is 25.3 Å². The minimum atomic E-state index is 0.601. The third-order valence-electron chi connectivity index (χ3n) is 2.68. The molecule has 3 aromatic heterocycles. The lowest BCUT2D eigenvalue weighted by atomic mass is 10.2. The van der Waals surface area contributed by atoms with E-state index >= 15 is 0 Å². The number of aryl methyl sites for hydroxylation is 1. The van der Waals surface area contributed by atoms with Gasteiger partial charge >= 0.3 is 0 Å². The van der Waals surface area contributed by atoms with E-state index in [1.807, 2.05) is 7.05 Å². The van der Waals surface area contributed by atoms with Gasteiger partial charge in [0, 0.05) is 13.2 Å². The number of rotatable bonds is 2. The minimum Gasteiger partial charge on any atom is -0.397 e. The summed E-state index contributed by atoms with van der Waals surface area (Å²) in [5.74, 6) is 0.847. The van der Waals surface area contributed by atoms with Gasteiger partial charge in [0.05, 0.1) is 17.8 Å². The van der Waals surface area contributed by atoms with Crippen molar-refractivity contribution in [1.29, 1.82) is 0 Å². The fourth-order valence-electron chi connectivity index (χ4n) is 1.75. The predicted octanol–water partition coefficient (Wildman–Crippen LogP) is 0.259. The monoisotopic (exact) mass is 229 g/mol. The van der Waals surface area contributed by atoms with E-state index in [1.54, 1.807) is 16.9 Å². The number of aromatic amines is 1. The van der Waals surface area contributed by atoms with Gasteiger partial charge in [0.25, 0.3) is 0 Å². The Labute approximate surface area is 96.7 Å². The van der Waals surface area contributed by atoms with Crippen molar-refractivity contribution >= 4 is 16.7 Å². The van der Waals surface area contributed by atoms with Gasteiger partial charge < -0.3 is 5.73 Å². The Morgan fingerprint density at radius 1 is 1.35 bits per heavy atom. The zero-order valence-electron chi connectivity index (χ0n) is 9.25. The summed E-state index contributed by atoms with van der Waals surface area (Å²) in [6.45, 7) is 0. The molecule has 0 aromatic carbocycles. The van der Waals surface area contributed by atoms with Gasteiger partial charge in [-0.15, -0.1) is 0 Å². The van der Waals surface area contributed by atoms with Crippen molar-refractivity contribution in [3.63, 3.8) is 0 Å². The Bertz CT molecular complexity index is 666. The van der Waals surface area contributed by atoms with Crippen LogP contribution >= 0.6 is 0 Å². The van der Waals surface area contributed by atoms with Crippen LogP contribution < -0.4 is 5.73 Å². The molecule has 3 rings (SSSR count). The quantitative estimate of drug-likeness (QED) is 0.656. The summed E-state index contributed by atoms with van der Waals surface area (Å²) in [4.78, 5) is 8.45. The molecule has 0 aliphatic carbocycles. The summed E-state index contributed by atoms with van der Waals surface area (Å²) >= 11 is 0. The topological polar surface area (TPSA) is 98.3 Å². The van der Waals surface area contributed by atoms with Crippen molar-refractivity contribution in [2.45, 2.75) is 6.42 Å². The summed E-state index contributed by atoms with van der Waals surface area (Å²) in [6, 6.07) is 1.73. The molecule has 0 aliphatic heterocycles. The molecule has 0 fully saturated rings.